The molecule has 0 N–H and O–H groups in total. The number of carbonyl (C=O) groups excluding carboxylic acids is 1. The predicted octanol–water partition coefficient (Wildman–Crippen LogP) is 3.24. The van der Waals surface area contributed by atoms with E-state index in [0.717, 1.165) is 46.9 Å². The second-order valence-electron chi connectivity index (χ2n) is 8.47. The van der Waals surface area contributed by atoms with Crippen LogP contribution in [0, 0.1) is 18.6 Å². The smallest absolute Gasteiger partial charge is 0.250 e. The van der Waals surface area contributed by atoms with Gasteiger partial charge < -0.3 is 9.47 Å². The van der Waals surface area contributed by atoms with Gasteiger partial charge in [-0.3, -0.25) is 4.79 Å². The van der Waals surface area contributed by atoms with Crippen LogP contribution >= 0.6 is 0 Å². The van der Waals surface area contributed by atoms with Crippen molar-refractivity contribution in [2.24, 2.45) is 0 Å². The standard InChI is InChI=1S/C24H22BF2N3O/c1-14-12-29(13-28-14)23-6-2-15(9-19(23)25)8-17-10-18-4-7-22(30(18)24(17)31)16-3-5-20(26)21(27)11-16/h2-3,5-6,8-9,11-13,18,22H,4,7,10,25H2,1H3/b17-8+/t18-,22+/m1/s1. The Bertz CT molecular complexity index is 1220. The molecule has 0 spiro atoms. The molecule has 0 saturated carbocycles. The Hall–Kier alpha value is -3.22. The fourth-order valence-electron chi connectivity index (χ4n) is 4.88. The van der Waals surface area contributed by atoms with Gasteiger partial charge in [-0.1, -0.05) is 23.7 Å². The third kappa shape index (κ3) is 3.48. The van der Waals surface area contributed by atoms with Gasteiger partial charge in [0.15, 0.2) is 11.6 Å². The highest BCUT2D eigenvalue weighted by molar-refractivity contribution is 6.35. The van der Waals surface area contributed by atoms with Crippen molar-refractivity contribution in [3.05, 3.63) is 83.0 Å². The Balaban J connectivity index is 1.40. The number of amides is 1. The normalized spacial score (nSPS) is 21.8. The molecule has 5 rings (SSSR count). The first kappa shape index (κ1) is 19.7. The fraction of sp³-hybridized carbons (Fsp3) is 0.250. The van der Waals surface area contributed by atoms with Crippen molar-refractivity contribution < 1.29 is 13.6 Å². The maximum Gasteiger partial charge on any atom is 0.250 e. The first-order valence-electron chi connectivity index (χ1n) is 10.5. The van der Waals surface area contributed by atoms with Gasteiger partial charge in [0, 0.05) is 23.5 Å². The van der Waals surface area contributed by atoms with Gasteiger partial charge in [-0.2, -0.15) is 0 Å². The summed E-state index contributed by atoms with van der Waals surface area (Å²) in [5.41, 5.74) is 5.51. The van der Waals surface area contributed by atoms with Crippen LogP contribution in [0.2, 0.25) is 0 Å². The van der Waals surface area contributed by atoms with E-state index < -0.39 is 11.6 Å². The van der Waals surface area contributed by atoms with Gasteiger partial charge >= 0.3 is 0 Å². The van der Waals surface area contributed by atoms with E-state index in [1.165, 1.54) is 6.07 Å². The maximum absolute atomic E-state index is 13.7. The molecule has 1 aromatic heterocycles. The molecule has 2 atom stereocenters. The molecule has 2 aliphatic rings. The van der Waals surface area contributed by atoms with Gasteiger partial charge in [0.1, 0.15) is 7.85 Å². The topological polar surface area (TPSA) is 38.1 Å². The van der Waals surface area contributed by atoms with Crippen molar-refractivity contribution in [1.82, 2.24) is 14.5 Å². The fourth-order valence-corrected chi connectivity index (χ4v) is 4.88. The maximum atomic E-state index is 13.7. The molecule has 4 nitrogen and oxygen atoms in total. The number of aromatic nitrogens is 2. The number of rotatable bonds is 3. The van der Waals surface area contributed by atoms with E-state index in [1.807, 2.05) is 48.6 Å². The molecule has 3 aromatic rings. The zero-order valence-electron chi connectivity index (χ0n) is 17.5. The van der Waals surface area contributed by atoms with Crippen LogP contribution in [0.25, 0.3) is 11.8 Å². The van der Waals surface area contributed by atoms with Crippen LogP contribution in [0.3, 0.4) is 0 Å². The highest BCUT2D eigenvalue weighted by Crippen LogP contribution is 2.44. The summed E-state index contributed by atoms with van der Waals surface area (Å²) in [5, 5.41) is 0. The Kier molecular flexibility index (Phi) is 4.76. The number of hydrogen-bond donors (Lipinski definition) is 0. The highest BCUT2D eigenvalue weighted by Gasteiger charge is 2.44. The van der Waals surface area contributed by atoms with Crippen LogP contribution < -0.4 is 5.46 Å². The zero-order valence-corrected chi connectivity index (χ0v) is 17.5. The molecule has 3 heterocycles. The number of aryl methyl sites for hydroxylation is 1. The van der Waals surface area contributed by atoms with Crippen LogP contribution in [-0.2, 0) is 4.79 Å². The van der Waals surface area contributed by atoms with Crippen LogP contribution in [0.4, 0.5) is 8.78 Å². The van der Waals surface area contributed by atoms with E-state index in [1.54, 1.807) is 12.4 Å². The minimum Gasteiger partial charge on any atom is -0.329 e. The van der Waals surface area contributed by atoms with E-state index in [9.17, 15) is 13.6 Å². The summed E-state index contributed by atoms with van der Waals surface area (Å²) in [6, 6.07) is 9.97. The lowest BCUT2D eigenvalue weighted by Gasteiger charge is -2.24. The van der Waals surface area contributed by atoms with Crippen molar-refractivity contribution in [1.29, 1.82) is 0 Å². The van der Waals surface area contributed by atoms with Gasteiger partial charge in [-0.15, -0.1) is 0 Å². The second-order valence-corrected chi connectivity index (χ2v) is 8.47. The number of nitrogens with zero attached hydrogens (tertiary/aromatic N) is 3. The third-order valence-corrected chi connectivity index (χ3v) is 6.35. The van der Waals surface area contributed by atoms with Gasteiger partial charge in [-0.25, -0.2) is 13.8 Å². The van der Waals surface area contributed by atoms with Gasteiger partial charge in [-0.05, 0) is 61.6 Å². The molecular formula is C24H22BF2N3O. The van der Waals surface area contributed by atoms with Gasteiger partial charge in [0.2, 0.25) is 0 Å². The van der Waals surface area contributed by atoms with E-state index in [4.69, 9.17) is 0 Å². The molecule has 31 heavy (non-hydrogen) atoms. The SMILES string of the molecule is Bc1cc(/C=C2\C[C@H]3CC[C@@H](c4ccc(F)c(F)c4)N3C2=O)ccc1-n1cnc(C)c1. The van der Waals surface area contributed by atoms with E-state index in [2.05, 4.69) is 11.1 Å². The lowest BCUT2D eigenvalue weighted by molar-refractivity contribution is -0.127. The van der Waals surface area contributed by atoms with Crippen LogP contribution in [-0.4, -0.2) is 34.2 Å². The first-order chi connectivity index (χ1) is 14.9. The molecular weight excluding hydrogens is 395 g/mol. The number of halogens is 2. The summed E-state index contributed by atoms with van der Waals surface area (Å²) in [6.45, 7) is 1.95. The van der Waals surface area contributed by atoms with Crippen molar-refractivity contribution in [2.75, 3.05) is 0 Å². The molecule has 156 valence electrons. The highest BCUT2D eigenvalue weighted by atomic mass is 19.2. The number of carbonyl (C=O) groups is 1. The van der Waals surface area contributed by atoms with Crippen molar-refractivity contribution in [3.63, 3.8) is 0 Å². The average Bonchev–Trinajstić information content (AvgIpc) is 3.42. The molecule has 2 aliphatic heterocycles. The summed E-state index contributed by atoms with van der Waals surface area (Å²) in [5.74, 6) is -1.74. The number of imidazole rings is 1. The Labute approximate surface area is 180 Å². The molecule has 0 radical (unpaired) electrons. The van der Waals surface area contributed by atoms with Crippen molar-refractivity contribution >= 4 is 25.3 Å². The third-order valence-electron chi connectivity index (χ3n) is 6.35. The van der Waals surface area contributed by atoms with Crippen LogP contribution in [0.5, 0.6) is 0 Å². The summed E-state index contributed by atoms with van der Waals surface area (Å²) < 4.78 is 29.1. The molecule has 2 fully saturated rings. The molecule has 0 bridgehead atoms. The molecule has 1 amide bonds. The van der Waals surface area contributed by atoms with Gasteiger partial charge in [0.25, 0.3) is 5.91 Å². The molecule has 2 aromatic carbocycles. The minimum absolute atomic E-state index is 0.0100. The van der Waals surface area contributed by atoms with Crippen molar-refractivity contribution in [2.45, 2.75) is 38.3 Å². The summed E-state index contributed by atoms with van der Waals surface area (Å²) in [7, 11) is 2.04. The summed E-state index contributed by atoms with van der Waals surface area (Å²) in [6.07, 6.45) is 8.05. The number of benzene rings is 2. The Morgan fingerprint density at radius 3 is 2.68 bits per heavy atom. The zero-order chi connectivity index (χ0) is 21.7. The van der Waals surface area contributed by atoms with Crippen molar-refractivity contribution in [3.8, 4) is 5.69 Å². The number of hydrogen-bond acceptors (Lipinski definition) is 2. The quantitative estimate of drug-likeness (QED) is 0.485. The van der Waals surface area contributed by atoms with Crippen LogP contribution in [0.15, 0.2) is 54.5 Å². The molecule has 2 saturated heterocycles. The summed E-state index contributed by atoms with van der Waals surface area (Å²) in [4.78, 5) is 19.3. The van der Waals surface area contributed by atoms with Crippen LogP contribution in [0.1, 0.15) is 42.1 Å². The minimum atomic E-state index is -0.869. The summed E-state index contributed by atoms with van der Waals surface area (Å²) >= 11 is 0. The largest absolute Gasteiger partial charge is 0.329 e. The Morgan fingerprint density at radius 2 is 1.97 bits per heavy atom. The van der Waals surface area contributed by atoms with E-state index in [-0.39, 0.29) is 18.0 Å². The average molecular weight is 417 g/mol. The lowest BCUT2D eigenvalue weighted by atomic mass is 9.91. The second kappa shape index (κ2) is 7.48. The monoisotopic (exact) mass is 417 g/mol. The van der Waals surface area contributed by atoms with Gasteiger partial charge in [0.05, 0.1) is 18.1 Å². The predicted molar refractivity (Wildman–Crippen MR) is 118 cm³/mol. The molecule has 7 heteroatoms. The number of fused-ring (bicyclic) bond motifs is 1. The molecule has 0 aliphatic carbocycles. The Morgan fingerprint density at radius 1 is 1.13 bits per heavy atom. The molecule has 0 unspecified atom stereocenters. The van der Waals surface area contributed by atoms with E-state index in [0.29, 0.717) is 12.0 Å². The first-order valence-corrected chi connectivity index (χ1v) is 10.5. The van der Waals surface area contributed by atoms with E-state index >= 15 is 0 Å². The lowest BCUT2D eigenvalue weighted by Crippen LogP contribution is -2.30.